The molecule has 0 spiro atoms. The van der Waals surface area contributed by atoms with Gasteiger partial charge in [0.1, 0.15) is 0 Å². The zero-order valence-electron chi connectivity index (χ0n) is 11.4. The van der Waals surface area contributed by atoms with Crippen LogP contribution in [0, 0.1) is 6.92 Å². The molecule has 1 aromatic rings. The molecular formula is C13H22N2O2S. The van der Waals surface area contributed by atoms with Crippen molar-refractivity contribution in [3.05, 3.63) is 29.3 Å². The van der Waals surface area contributed by atoms with Gasteiger partial charge in [0.15, 0.2) is 0 Å². The fourth-order valence-corrected chi connectivity index (χ4v) is 3.36. The molecule has 102 valence electrons. The predicted octanol–water partition coefficient (Wildman–Crippen LogP) is 1.79. The largest absolute Gasteiger partial charge is 0.316 e. The Morgan fingerprint density at radius 3 is 2.56 bits per heavy atom. The van der Waals surface area contributed by atoms with Crippen molar-refractivity contribution < 1.29 is 8.42 Å². The molecule has 1 atom stereocenters. The van der Waals surface area contributed by atoms with Crippen molar-refractivity contribution in [2.24, 2.45) is 0 Å². The third-order valence-electron chi connectivity index (χ3n) is 3.02. The minimum atomic E-state index is -3.42. The highest BCUT2D eigenvalue weighted by molar-refractivity contribution is 7.89. The Hall–Kier alpha value is -0.910. The minimum Gasteiger partial charge on any atom is -0.316 e. The zero-order chi connectivity index (χ0) is 13.8. The molecule has 0 aliphatic heterocycles. The summed E-state index contributed by atoms with van der Waals surface area (Å²) in [7, 11) is -1.58. The van der Waals surface area contributed by atoms with Crippen molar-refractivity contribution in [2.75, 3.05) is 7.05 Å². The molecular weight excluding hydrogens is 248 g/mol. The summed E-state index contributed by atoms with van der Waals surface area (Å²) in [6, 6.07) is 5.32. The maximum atomic E-state index is 12.2. The summed E-state index contributed by atoms with van der Waals surface area (Å²) in [5.74, 6) is 0. The molecule has 1 rings (SSSR count). The quantitative estimate of drug-likeness (QED) is 0.828. The first-order valence-corrected chi connectivity index (χ1v) is 7.66. The lowest BCUT2D eigenvalue weighted by Crippen LogP contribution is -2.32. The van der Waals surface area contributed by atoms with Crippen molar-refractivity contribution in [1.29, 1.82) is 0 Å². The van der Waals surface area contributed by atoms with Gasteiger partial charge in [0, 0.05) is 12.6 Å². The monoisotopic (exact) mass is 270 g/mol. The van der Waals surface area contributed by atoms with Gasteiger partial charge in [0.25, 0.3) is 0 Å². The summed E-state index contributed by atoms with van der Waals surface area (Å²) in [4.78, 5) is 0.371. The fourth-order valence-electron chi connectivity index (χ4n) is 1.74. The van der Waals surface area contributed by atoms with E-state index >= 15 is 0 Å². The van der Waals surface area contributed by atoms with E-state index in [-0.39, 0.29) is 6.04 Å². The van der Waals surface area contributed by atoms with Crippen molar-refractivity contribution in [3.63, 3.8) is 0 Å². The Labute approximate surface area is 110 Å². The number of sulfonamides is 1. The molecule has 0 amide bonds. The number of hydrogen-bond acceptors (Lipinski definition) is 3. The van der Waals surface area contributed by atoms with Crippen LogP contribution in [-0.2, 0) is 16.6 Å². The Kier molecular flexibility index (Phi) is 5.31. The molecule has 0 saturated heterocycles. The Morgan fingerprint density at radius 1 is 1.33 bits per heavy atom. The van der Waals surface area contributed by atoms with Gasteiger partial charge in [-0.15, -0.1) is 0 Å². The smallest absolute Gasteiger partial charge is 0.241 e. The molecule has 0 bridgehead atoms. The lowest BCUT2D eigenvalue weighted by molar-refractivity contribution is 0.555. The first-order valence-electron chi connectivity index (χ1n) is 6.17. The van der Waals surface area contributed by atoms with Crippen molar-refractivity contribution in [3.8, 4) is 0 Å². The second-order valence-corrected chi connectivity index (χ2v) is 6.18. The Bertz CT molecular complexity index is 498. The molecule has 4 nitrogen and oxygen atoms in total. The summed E-state index contributed by atoms with van der Waals surface area (Å²) in [5, 5.41) is 3.04. The molecule has 18 heavy (non-hydrogen) atoms. The zero-order valence-corrected chi connectivity index (χ0v) is 12.3. The van der Waals surface area contributed by atoms with Gasteiger partial charge in [0.05, 0.1) is 4.90 Å². The molecule has 0 aromatic heterocycles. The van der Waals surface area contributed by atoms with Crippen molar-refractivity contribution in [1.82, 2.24) is 10.0 Å². The van der Waals surface area contributed by atoms with Crippen LogP contribution in [0.3, 0.4) is 0 Å². The molecule has 5 heteroatoms. The van der Waals surface area contributed by atoms with E-state index in [1.165, 1.54) is 0 Å². The molecule has 0 aliphatic carbocycles. The van der Waals surface area contributed by atoms with E-state index in [1.807, 2.05) is 33.9 Å². The van der Waals surface area contributed by atoms with E-state index in [0.717, 1.165) is 17.5 Å². The molecule has 0 heterocycles. The molecule has 1 unspecified atom stereocenters. The normalized spacial score (nSPS) is 13.6. The highest BCUT2D eigenvalue weighted by Crippen LogP contribution is 2.19. The van der Waals surface area contributed by atoms with E-state index in [2.05, 4.69) is 10.0 Å². The van der Waals surface area contributed by atoms with Gasteiger partial charge in [-0.25, -0.2) is 13.1 Å². The molecule has 0 aliphatic rings. The Morgan fingerprint density at radius 2 is 2.00 bits per heavy atom. The third kappa shape index (κ3) is 3.54. The maximum Gasteiger partial charge on any atom is 0.241 e. The van der Waals surface area contributed by atoms with Gasteiger partial charge in [-0.05, 0) is 44.5 Å². The average molecular weight is 270 g/mol. The van der Waals surface area contributed by atoms with Gasteiger partial charge < -0.3 is 5.32 Å². The summed E-state index contributed by atoms with van der Waals surface area (Å²) < 4.78 is 27.2. The summed E-state index contributed by atoms with van der Waals surface area (Å²) in [6.07, 6.45) is 0.772. The average Bonchev–Trinajstić information content (AvgIpc) is 2.31. The van der Waals surface area contributed by atoms with E-state index in [9.17, 15) is 8.42 Å². The van der Waals surface area contributed by atoms with Crippen LogP contribution in [0.4, 0.5) is 0 Å². The van der Waals surface area contributed by atoms with Crippen LogP contribution in [0.1, 0.15) is 31.4 Å². The van der Waals surface area contributed by atoms with Crippen LogP contribution in [-0.4, -0.2) is 21.5 Å². The molecule has 0 radical (unpaired) electrons. The highest BCUT2D eigenvalue weighted by Gasteiger charge is 2.19. The van der Waals surface area contributed by atoms with E-state index < -0.39 is 10.0 Å². The molecule has 0 saturated carbocycles. The lowest BCUT2D eigenvalue weighted by Gasteiger charge is -2.15. The van der Waals surface area contributed by atoms with Gasteiger partial charge in [-0.3, -0.25) is 0 Å². The molecule has 0 fully saturated rings. The standard InChI is InChI=1S/C13H22N2O2S/c1-5-10(2)15-18(16,17)13-8-6-7-12(9-14-4)11(13)3/h6-8,10,14-15H,5,9H2,1-4H3. The van der Waals surface area contributed by atoms with Crippen LogP contribution in [0.15, 0.2) is 23.1 Å². The topological polar surface area (TPSA) is 58.2 Å². The number of hydrogen-bond donors (Lipinski definition) is 2. The second-order valence-electron chi connectivity index (χ2n) is 4.50. The fraction of sp³-hybridized carbons (Fsp3) is 0.538. The first kappa shape index (κ1) is 15.1. The van der Waals surface area contributed by atoms with Crippen molar-refractivity contribution in [2.45, 2.75) is 44.7 Å². The number of rotatable bonds is 6. The van der Waals surface area contributed by atoms with Crippen LogP contribution < -0.4 is 10.0 Å². The predicted molar refractivity (Wildman–Crippen MR) is 74.0 cm³/mol. The second kappa shape index (κ2) is 6.31. The summed E-state index contributed by atoms with van der Waals surface area (Å²) in [6.45, 7) is 6.33. The minimum absolute atomic E-state index is 0.0534. The number of nitrogens with one attached hydrogen (secondary N) is 2. The van der Waals surface area contributed by atoms with Gasteiger partial charge >= 0.3 is 0 Å². The number of benzene rings is 1. The SMILES string of the molecule is CCC(C)NS(=O)(=O)c1cccc(CNC)c1C. The van der Waals surface area contributed by atoms with Crippen LogP contribution in [0.5, 0.6) is 0 Å². The van der Waals surface area contributed by atoms with Gasteiger partial charge in [0.2, 0.25) is 10.0 Å². The van der Waals surface area contributed by atoms with Gasteiger partial charge in [-0.2, -0.15) is 0 Å². The summed E-state index contributed by atoms with van der Waals surface area (Å²) in [5.41, 5.74) is 1.81. The van der Waals surface area contributed by atoms with Crippen LogP contribution >= 0.6 is 0 Å². The Balaban J connectivity index is 3.13. The first-order chi connectivity index (χ1) is 8.42. The highest BCUT2D eigenvalue weighted by atomic mass is 32.2. The molecule has 1 aromatic carbocycles. The molecule has 2 N–H and O–H groups in total. The van der Waals surface area contributed by atoms with E-state index in [4.69, 9.17) is 0 Å². The van der Waals surface area contributed by atoms with Crippen LogP contribution in [0.25, 0.3) is 0 Å². The van der Waals surface area contributed by atoms with Crippen LogP contribution in [0.2, 0.25) is 0 Å². The lowest BCUT2D eigenvalue weighted by atomic mass is 10.1. The maximum absolute atomic E-state index is 12.2. The summed E-state index contributed by atoms with van der Waals surface area (Å²) >= 11 is 0. The van der Waals surface area contributed by atoms with Crippen molar-refractivity contribution >= 4 is 10.0 Å². The van der Waals surface area contributed by atoms with E-state index in [1.54, 1.807) is 12.1 Å². The third-order valence-corrected chi connectivity index (χ3v) is 4.76. The van der Waals surface area contributed by atoms with Gasteiger partial charge in [-0.1, -0.05) is 19.1 Å². The van der Waals surface area contributed by atoms with E-state index in [0.29, 0.717) is 11.4 Å².